The van der Waals surface area contributed by atoms with Crippen molar-refractivity contribution in [3.05, 3.63) is 29.8 Å². The molecule has 1 aromatic rings. The molecule has 2 atom stereocenters. The summed E-state index contributed by atoms with van der Waals surface area (Å²) in [4.78, 5) is 0.575. The van der Waals surface area contributed by atoms with Crippen molar-refractivity contribution < 1.29 is 4.74 Å². The molecule has 0 amide bonds. The maximum atomic E-state index is 6.20. The summed E-state index contributed by atoms with van der Waals surface area (Å²) in [7, 11) is 0. The maximum Gasteiger partial charge on any atom is 0.123 e. The van der Waals surface area contributed by atoms with Crippen molar-refractivity contribution in [2.75, 3.05) is 0 Å². The fraction of sp³-hybridized carbons (Fsp3) is 0.600. The molecule has 17 heavy (non-hydrogen) atoms. The Kier molecular flexibility index (Phi) is 3.53. The Morgan fingerprint density at radius 1 is 1.29 bits per heavy atom. The van der Waals surface area contributed by atoms with Gasteiger partial charge in [0.1, 0.15) is 11.9 Å². The lowest BCUT2D eigenvalue weighted by atomic mass is 9.69. The van der Waals surface area contributed by atoms with E-state index in [4.69, 9.17) is 4.74 Å². The smallest absolute Gasteiger partial charge is 0.123 e. The van der Waals surface area contributed by atoms with Crippen molar-refractivity contribution in [3.63, 3.8) is 0 Å². The first-order chi connectivity index (χ1) is 7.93. The number of rotatable bonds is 3. The minimum atomic E-state index is 0.226. The Bertz CT molecular complexity index is 398. The van der Waals surface area contributed by atoms with E-state index in [2.05, 4.69) is 67.9 Å². The van der Waals surface area contributed by atoms with Gasteiger partial charge >= 0.3 is 0 Å². The van der Waals surface area contributed by atoms with E-state index < -0.39 is 0 Å². The molecule has 0 spiro atoms. The zero-order chi connectivity index (χ0) is 12.6. The predicted molar refractivity (Wildman–Crippen MR) is 76.1 cm³/mol. The first-order valence-corrected chi connectivity index (χ1v) is 7.24. The number of ether oxygens (including phenoxy) is 1. The van der Waals surface area contributed by atoms with E-state index in [0.29, 0.717) is 16.8 Å². The van der Waals surface area contributed by atoms with Crippen LogP contribution in [0.3, 0.4) is 0 Å². The van der Waals surface area contributed by atoms with Crippen molar-refractivity contribution in [2.24, 2.45) is 5.41 Å². The van der Waals surface area contributed by atoms with E-state index in [9.17, 15) is 0 Å². The molecule has 0 aromatic heterocycles. The van der Waals surface area contributed by atoms with Gasteiger partial charge < -0.3 is 4.74 Å². The summed E-state index contributed by atoms with van der Waals surface area (Å²) in [6.45, 7) is 8.94. The van der Waals surface area contributed by atoms with Gasteiger partial charge in [0.15, 0.2) is 0 Å². The molecule has 94 valence electrons. The van der Waals surface area contributed by atoms with Crippen LogP contribution in [0.5, 0.6) is 5.75 Å². The van der Waals surface area contributed by atoms with E-state index in [0.717, 1.165) is 12.2 Å². The Hall–Kier alpha value is -0.500. The van der Waals surface area contributed by atoms with E-state index in [1.54, 1.807) is 0 Å². The number of benzene rings is 1. The molecule has 1 aromatic carbocycles. The molecule has 1 fully saturated rings. The third kappa shape index (κ3) is 2.37. The number of hydrogen-bond acceptors (Lipinski definition) is 1. The summed E-state index contributed by atoms with van der Waals surface area (Å²) >= 11 is 3.70. The third-order valence-electron chi connectivity index (χ3n) is 3.87. The average Bonchev–Trinajstić information content (AvgIpc) is 2.29. The number of alkyl halides is 1. The van der Waals surface area contributed by atoms with Gasteiger partial charge in [-0.2, -0.15) is 0 Å². The molecule has 2 heteroatoms. The zero-order valence-corrected chi connectivity index (χ0v) is 12.6. The summed E-state index contributed by atoms with van der Waals surface area (Å²) < 4.78 is 6.20. The van der Waals surface area contributed by atoms with Crippen LogP contribution >= 0.6 is 15.9 Å². The number of halogens is 1. The molecular weight excluding hydrogens is 276 g/mol. The molecule has 0 aliphatic heterocycles. The lowest BCUT2D eigenvalue weighted by Crippen LogP contribution is -2.53. The lowest BCUT2D eigenvalue weighted by molar-refractivity contribution is -0.00852. The van der Waals surface area contributed by atoms with Gasteiger partial charge in [0.05, 0.1) is 0 Å². The summed E-state index contributed by atoms with van der Waals surface area (Å²) in [6.07, 6.45) is 1.42. The Morgan fingerprint density at radius 3 is 2.47 bits per heavy atom. The van der Waals surface area contributed by atoms with Crippen LogP contribution in [0.4, 0.5) is 0 Å². The Labute approximate surface area is 113 Å². The first-order valence-electron chi connectivity index (χ1n) is 6.32. The maximum absolute atomic E-state index is 6.20. The van der Waals surface area contributed by atoms with Crippen LogP contribution in [0.1, 0.15) is 45.6 Å². The normalized spacial score (nSPS) is 26.7. The molecule has 0 N–H and O–H groups in total. The monoisotopic (exact) mass is 296 g/mol. The van der Waals surface area contributed by atoms with Crippen LogP contribution in [0.25, 0.3) is 0 Å². The second-order valence-corrected chi connectivity index (χ2v) is 6.93. The summed E-state index contributed by atoms with van der Waals surface area (Å²) in [5, 5.41) is 0. The molecule has 1 aliphatic rings. The van der Waals surface area contributed by atoms with E-state index >= 15 is 0 Å². The Morgan fingerprint density at radius 2 is 1.94 bits per heavy atom. The van der Waals surface area contributed by atoms with Crippen molar-refractivity contribution in [1.82, 2.24) is 0 Å². The van der Waals surface area contributed by atoms with Crippen molar-refractivity contribution in [3.8, 4) is 5.75 Å². The van der Waals surface area contributed by atoms with E-state index in [1.807, 2.05) is 0 Å². The van der Waals surface area contributed by atoms with E-state index in [-0.39, 0.29) is 5.41 Å². The van der Waals surface area contributed by atoms with Crippen molar-refractivity contribution in [1.29, 1.82) is 0 Å². The highest BCUT2D eigenvalue weighted by Gasteiger charge is 2.48. The number of para-hydroxylation sites is 1. The fourth-order valence-corrected chi connectivity index (χ4v) is 2.89. The van der Waals surface area contributed by atoms with Gasteiger partial charge in [-0.25, -0.2) is 0 Å². The SMILES string of the molecule is CC(C)c1ccccc1OC1CC(Br)C1(C)C. The van der Waals surface area contributed by atoms with Gasteiger partial charge in [-0.1, -0.05) is 61.8 Å². The first kappa shape index (κ1) is 12.9. The number of hydrogen-bond donors (Lipinski definition) is 0. The highest BCUT2D eigenvalue weighted by atomic mass is 79.9. The molecule has 1 nitrogen and oxygen atoms in total. The predicted octanol–water partition coefficient (Wildman–Crippen LogP) is 4.75. The van der Waals surface area contributed by atoms with Crippen LogP contribution < -0.4 is 4.74 Å². The second-order valence-electron chi connectivity index (χ2n) is 5.82. The lowest BCUT2D eigenvalue weighted by Gasteiger charge is -2.48. The van der Waals surface area contributed by atoms with Gasteiger partial charge in [-0.05, 0) is 24.0 Å². The zero-order valence-electron chi connectivity index (χ0n) is 11.0. The summed E-state index contributed by atoms with van der Waals surface area (Å²) in [5.74, 6) is 1.56. The topological polar surface area (TPSA) is 9.23 Å². The third-order valence-corrected chi connectivity index (χ3v) is 5.42. The second kappa shape index (κ2) is 4.64. The van der Waals surface area contributed by atoms with Crippen LogP contribution in [0.15, 0.2) is 24.3 Å². The summed E-state index contributed by atoms with van der Waals surface area (Å²) in [6, 6.07) is 8.39. The van der Waals surface area contributed by atoms with Crippen LogP contribution in [-0.2, 0) is 0 Å². The molecule has 2 rings (SSSR count). The van der Waals surface area contributed by atoms with Crippen molar-refractivity contribution in [2.45, 2.75) is 51.0 Å². The molecule has 0 saturated heterocycles. The molecule has 1 saturated carbocycles. The fourth-order valence-electron chi connectivity index (χ4n) is 2.25. The van der Waals surface area contributed by atoms with Gasteiger partial charge in [0.2, 0.25) is 0 Å². The van der Waals surface area contributed by atoms with Crippen LogP contribution in [0.2, 0.25) is 0 Å². The van der Waals surface area contributed by atoms with Gasteiger partial charge in [-0.3, -0.25) is 0 Å². The van der Waals surface area contributed by atoms with E-state index in [1.165, 1.54) is 5.56 Å². The highest BCUT2D eigenvalue weighted by molar-refractivity contribution is 9.09. The quantitative estimate of drug-likeness (QED) is 0.731. The van der Waals surface area contributed by atoms with Gasteiger partial charge in [-0.15, -0.1) is 0 Å². The van der Waals surface area contributed by atoms with Crippen LogP contribution in [0, 0.1) is 5.41 Å². The van der Waals surface area contributed by atoms with Crippen molar-refractivity contribution >= 4 is 15.9 Å². The highest BCUT2D eigenvalue weighted by Crippen LogP contribution is 2.47. The standard InChI is InChI=1S/C15H21BrO/c1-10(2)11-7-5-6-8-12(11)17-14-9-13(16)15(14,3)4/h5-8,10,13-14H,9H2,1-4H3. The average molecular weight is 297 g/mol. The minimum Gasteiger partial charge on any atom is -0.489 e. The molecular formula is C15H21BrO. The largest absolute Gasteiger partial charge is 0.489 e. The minimum absolute atomic E-state index is 0.226. The molecule has 0 bridgehead atoms. The van der Waals surface area contributed by atoms with Crippen LogP contribution in [-0.4, -0.2) is 10.9 Å². The molecule has 1 aliphatic carbocycles. The van der Waals surface area contributed by atoms with Gasteiger partial charge in [0, 0.05) is 10.2 Å². The molecule has 2 unspecified atom stereocenters. The summed E-state index contributed by atoms with van der Waals surface area (Å²) in [5.41, 5.74) is 1.53. The molecule has 0 heterocycles. The van der Waals surface area contributed by atoms with Gasteiger partial charge in [0.25, 0.3) is 0 Å². The molecule has 0 radical (unpaired) electrons. The Balaban J connectivity index is 2.15.